The van der Waals surface area contributed by atoms with Gasteiger partial charge >= 0.3 is 0 Å². The van der Waals surface area contributed by atoms with E-state index in [1.165, 1.54) is 5.56 Å². The summed E-state index contributed by atoms with van der Waals surface area (Å²) in [5.41, 5.74) is 7.88. The van der Waals surface area contributed by atoms with E-state index in [0.29, 0.717) is 13.1 Å². The zero-order valence-electron chi connectivity index (χ0n) is 10.9. The highest BCUT2D eigenvalue weighted by Gasteiger charge is 2.08. The van der Waals surface area contributed by atoms with E-state index in [4.69, 9.17) is 5.73 Å². The van der Waals surface area contributed by atoms with Gasteiger partial charge in [-0.25, -0.2) is 4.98 Å². The highest BCUT2D eigenvalue weighted by atomic mass is 16.3. The number of aliphatic hydroxyl groups excluding tert-OH is 1. The van der Waals surface area contributed by atoms with Gasteiger partial charge in [-0.2, -0.15) is 0 Å². The SMILES string of the molecule is NCc1ccnc(N(CCO)Cc2ccccc2)c1. The lowest BCUT2D eigenvalue weighted by molar-refractivity contribution is 0.301. The molecule has 0 bridgehead atoms. The van der Waals surface area contributed by atoms with E-state index in [1.54, 1.807) is 6.20 Å². The minimum atomic E-state index is 0.0986. The van der Waals surface area contributed by atoms with Gasteiger partial charge in [0.25, 0.3) is 0 Å². The summed E-state index contributed by atoms with van der Waals surface area (Å²) in [6, 6.07) is 14.0. The fraction of sp³-hybridized carbons (Fsp3) is 0.267. The van der Waals surface area contributed by atoms with Gasteiger partial charge in [-0.3, -0.25) is 0 Å². The second-order valence-electron chi connectivity index (χ2n) is 4.36. The van der Waals surface area contributed by atoms with Crippen molar-refractivity contribution in [3.63, 3.8) is 0 Å². The number of nitrogens with zero attached hydrogens (tertiary/aromatic N) is 2. The van der Waals surface area contributed by atoms with Gasteiger partial charge in [0.2, 0.25) is 0 Å². The Labute approximate surface area is 113 Å². The van der Waals surface area contributed by atoms with Crippen molar-refractivity contribution in [3.05, 3.63) is 59.8 Å². The molecule has 0 saturated heterocycles. The van der Waals surface area contributed by atoms with Crippen LogP contribution in [0.5, 0.6) is 0 Å². The first-order chi connectivity index (χ1) is 9.33. The summed E-state index contributed by atoms with van der Waals surface area (Å²) in [4.78, 5) is 6.41. The van der Waals surface area contributed by atoms with Gasteiger partial charge in [-0.1, -0.05) is 30.3 Å². The van der Waals surface area contributed by atoms with Crippen LogP contribution >= 0.6 is 0 Å². The molecule has 100 valence electrons. The minimum absolute atomic E-state index is 0.0986. The van der Waals surface area contributed by atoms with Gasteiger partial charge in [-0.05, 0) is 23.3 Å². The minimum Gasteiger partial charge on any atom is -0.395 e. The first-order valence-corrected chi connectivity index (χ1v) is 6.38. The molecule has 2 aromatic rings. The van der Waals surface area contributed by atoms with Crippen molar-refractivity contribution in [3.8, 4) is 0 Å². The molecule has 2 rings (SSSR count). The number of aliphatic hydroxyl groups is 1. The molecule has 3 N–H and O–H groups in total. The Morgan fingerprint density at radius 1 is 1.11 bits per heavy atom. The summed E-state index contributed by atoms with van der Waals surface area (Å²) >= 11 is 0. The van der Waals surface area contributed by atoms with Crippen LogP contribution < -0.4 is 10.6 Å². The molecule has 0 aliphatic rings. The van der Waals surface area contributed by atoms with Gasteiger partial charge in [0.1, 0.15) is 5.82 Å². The molecule has 4 nitrogen and oxygen atoms in total. The van der Waals surface area contributed by atoms with E-state index in [2.05, 4.69) is 22.0 Å². The molecule has 0 spiro atoms. The Balaban J connectivity index is 2.19. The van der Waals surface area contributed by atoms with Crippen molar-refractivity contribution < 1.29 is 5.11 Å². The van der Waals surface area contributed by atoms with Gasteiger partial charge in [0, 0.05) is 25.8 Å². The zero-order chi connectivity index (χ0) is 13.5. The fourth-order valence-electron chi connectivity index (χ4n) is 1.96. The maximum atomic E-state index is 9.21. The molecule has 0 amide bonds. The lowest BCUT2D eigenvalue weighted by Gasteiger charge is -2.23. The van der Waals surface area contributed by atoms with Crippen LogP contribution in [0.4, 0.5) is 5.82 Å². The number of hydrogen-bond acceptors (Lipinski definition) is 4. The van der Waals surface area contributed by atoms with Crippen molar-refractivity contribution >= 4 is 5.82 Å². The Bertz CT molecular complexity index is 502. The summed E-state index contributed by atoms with van der Waals surface area (Å²) in [7, 11) is 0. The molecule has 0 fully saturated rings. The van der Waals surface area contributed by atoms with Crippen molar-refractivity contribution in [2.75, 3.05) is 18.1 Å². The third-order valence-corrected chi connectivity index (χ3v) is 2.96. The quantitative estimate of drug-likeness (QED) is 0.824. The highest BCUT2D eigenvalue weighted by Crippen LogP contribution is 2.15. The van der Waals surface area contributed by atoms with Gasteiger partial charge < -0.3 is 15.7 Å². The number of rotatable bonds is 6. The molecule has 1 aromatic heterocycles. The molecule has 0 atom stereocenters. The summed E-state index contributed by atoms with van der Waals surface area (Å²) < 4.78 is 0. The summed E-state index contributed by atoms with van der Waals surface area (Å²) in [5.74, 6) is 0.848. The molecule has 0 aliphatic carbocycles. The molecular formula is C15H19N3O. The molecular weight excluding hydrogens is 238 g/mol. The first-order valence-electron chi connectivity index (χ1n) is 6.38. The lowest BCUT2D eigenvalue weighted by atomic mass is 10.2. The van der Waals surface area contributed by atoms with Gasteiger partial charge in [0.05, 0.1) is 6.61 Å². The van der Waals surface area contributed by atoms with E-state index in [-0.39, 0.29) is 6.61 Å². The lowest BCUT2D eigenvalue weighted by Crippen LogP contribution is -2.27. The number of aromatic nitrogens is 1. The largest absolute Gasteiger partial charge is 0.395 e. The third kappa shape index (κ3) is 3.77. The Morgan fingerprint density at radius 3 is 2.58 bits per heavy atom. The summed E-state index contributed by atoms with van der Waals surface area (Å²) in [5, 5.41) is 9.21. The number of anilines is 1. The smallest absolute Gasteiger partial charge is 0.129 e. The standard InChI is InChI=1S/C15H19N3O/c16-11-14-6-7-17-15(10-14)18(8-9-19)12-13-4-2-1-3-5-13/h1-7,10,19H,8-9,11-12,16H2. The average Bonchev–Trinajstić information content (AvgIpc) is 2.48. The molecule has 0 saturated carbocycles. The summed E-state index contributed by atoms with van der Waals surface area (Å²) in [6.07, 6.45) is 1.76. The number of pyridine rings is 1. The molecule has 0 aliphatic heterocycles. The van der Waals surface area contributed by atoms with E-state index >= 15 is 0 Å². The zero-order valence-corrected chi connectivity index (χ0v) is 10.9. The predicted octanol–water partition coefficient (Wildman–Crippen LogP) is 1.54. The van der Waals surface area contributed by atoms with Crippen LogP contribution in [-0.2, 0) is 13.1 Å². The molecule has 0 radical (unpaired) electrons. The normalized spacial score (nSPS) is 10.4. The van der Waals surface area contributed by atoms with Crippen LogP contribution in [0.1, 0.15) is 11.1 Å². The second kappa shape index (κ2) is 6.87. The van der Waals surface area contributed by atoms with Crippen LogP contribution in [0, 0.1) is 0 Å². The monoisotopic (exact) mass is 257 g/mol. The summed E-state index contributed by atoms with van der Waals surface area (Å²) in [6.45, 7) is 1.87. The van der Waals surface area contributed by atoms with Crippen LogP contribution in [-0.4, -0.2) is 23.2 Å². The highest BCUT2D eigenvalue weighted by molar-refractivity contribution is 5.42. The van der Waals surface area contributed by atoms with Crippen LogP contribution in [0.3, 0.4) is 0 Å². The number of nitrogens with two attached hydrogens (primary N) is 1. The average molecular weight is 257 g/mol. The fourth-order valence-corrected chi connectivity index (χ4v) is 1.96. The molecule has 4 heteroatoms. The van der Waals surface area contributed by atoms with E-state index in [1.807, 2.05) is 30.3 Å². The molecule has 1 heterocycles. The maximum absolute atomic E-state index is 9.21. The molecule has 19 heavy (non-hydrogen) atoms. The van der Waals surface area contributed by atoms with Crippen molar-refractivity contribution in [1.82, 2.24) is 4.98 Å². The first kappa shape index (κ1) is 13.5. The van der Waals surface area contributed by atoms with Crippen molar-refractivity contribution in [2.45, 2.75) is 13.1 Å². The van der Waals surface area contributed by atoms with E-state index in [9.17, 15) is 5.11 Å². The van der Waals surface area contributed by atoms with Crippen LogP contribution in [0.15, 0.2) is 48.7 Å². The van der Waals surface area contributed by atoms with Crippen molar-refractivity contribution in [2.24, 2.45) is 5.73 Å². The van der Waals surface area contributed by atoms with Crippen molar-refractivity contribution in [1.29, 1.82) is 0 Å². The molecule has 0 unspecified atom stereocenters. The number of hydrogen-bond donors (Lipinski definition) is 2. The Morgan fingerprint density at radius 2 is 1.89 bits per heavy atom. The van der Waals surface area contributed by atoms with Gasteiger partial charge in [0.15, 0.2) is 0 Å². The Hall–Kier alpha value is -1.91. The van der Waals surface area contributed by atoms with Crippen LogP contribution in [0.25, 0.3) is 0 Å². The topological polar surface area (TPSA) is 62.4 Å². The number of benzene rings is 1. The van der Waals surface area contributed by atoms with Gasteiger partial charge in [-0.15, -0.1) is 0 Å². The van der Waals surface area contributed by atoms with Crippen LogP contribution in [0.2, 0.25) is 0 Å². The molecule has 1 aromatic carbocycles. The maximum Gasteiger partial charge on any atom is 0.129 e. The van der Waals surface area contributed by atoms with E-state index < -0.39 is 0 Å². The predicted molar refractivity (Wildman–Crippen MR) is 76.7 cm³/mol. The van der Waals surface area contributed by atoms with E-state index in [0.717, 1.165) is 17.9 Å². The Kier molecular flexibility index (Phi) is 4.89. The second-order valence-corrected chi connectivity index (χ2v) is 4.36. The third-order valence-electron chi connectivity index (χ3n) is 2.96.